The van der Waals surface area contributed by atoms with E-state index >= 15 is 0 Å². The maximum Gasteiger partial charge on any atom is 0.278 e. The molecule has 1 amide bonds. The molecule has 0 aliphatic carbocycles. The van der Waals surface area contributed by atoms with Crippen LogP contribution in [0, 0.1) is 5.82 Å². The van der Waals surface area contributed by atoms with E-state index in [2.05, 4.69) is 15.4 Å². The van der Waals surface area contributed by atoms with Crippen molar-refractivity contribution in [3.63, 3.8) is 0 Å². The van der Waals surface area contributed by atoms with Crippen molar-refractivity contribution >= 4 is 17.4 Å². The Labute approximate surface area is 109 Å². The van der Waals surface area contributed by atoms with E-state index in [1.807, 2.05) is 0 Å². The van der Waals surface area contributed by atoms with E-state index in [4.69, 9.17) is 5.84 Å². The smallest absolute Gasteiger partial charge is 0.278 e. The number of anilines is 2. The van der Waals surface area contributed by atoms with Crippen LogP contribution in [0.2, 0.25) is 0 Å². The first-order valence-electron chi connectivity index (χ1n) is 5.44. The Kier molecular flexibility index (Phi) is 3.67. The van der Waals surface area contributed by atoms with Gasteiger partial charge < -0.3 is 10.3 Å². The van der Waals surface area contributed by atoms with E-state index in [1.54, 1.807) is 6.07 Å². The second-order valence-electron chi connectivity index (χ2n) is 3.78. The van der Waals surface area contributed by atoms with E-state index in [0.717, 1.165) is 0 Å². The Balaban J connectivity index is 2.23. The zero-order valence-electron chi connectivity index (χ0n) is 10.2. The summed E-state index contributed by atoms with van der Waals surface area (Å²) in [7, 11) is 1.54. The fraction of sp³-hybridized carbons (Fsp3) is 0.0833. The lowest BCUT2D eigenvalue weighted by Gasteiger charge is -2.16. The molecule has 1 aromatic carbocycles. The Morgan fingerprint density at radius 3 is 2.74 bits per heavy atom. The van der Waals surface area contributed by atoms with Crippen LogP contribution in [0.1, 0.15) is 10.5 Å². The molecular weight excluding hydrogens is 249 g/mol. The lowest BCUT2D eigenvalue weighted by Crippen LogP contribution is -2.27. The minimum absolute atomic E-state index is 0.144. The number of nitrogens with two attached hydrogens (primary N) is 1. The van der Waals surface area contributed by atoms with E-state index in [1.165, 1.54) is 42.5 Å². The highest BCUT2D eigenvalue weighted by Gasteiger charge is 2.15. The number of benzene rings is 1. The van der Waals surface area contributed by atoms with Gasteiger partial charge in [0.2, 0.25) is 0 Å². The molecule has 2 rings (SSSR count). The van der Waals surface area contributed by atoms with Crippen LogP contribution < -0.4 is 16.2 Å². The molecule has 7 heteroatoms. The number of hydrogen-bond donors (Lipinski definition) is 2. The first kappa shape index (κ1) is 12.9. The number of aromatic nitrogens is 2. The minimum atomic E-state index is -0.411. The number of carbonyl (C=O) groups is 1. The van der Waals surface area contributed by atoms with Gasteiger partial charge in [0.05, 0.1) is 12.4 Å². The minimum Gasteiger partial charge on any atom is -0.310 e. The first-order chi connectivity index (χ1) is 9.11. The Bertz CT molecular complexity index is 587. The Morgan fingerprint density at radius 2 is 2.16 bits per heavy atom. The van der Waals surface area contributed by atoms with Crippen LogP contribution in [0.5, 0.6) is 0 Å². The summed E-state index contributed by atoms with van der Waals surface area (Å²) in [6.45, 7) is 0. The molecule has 0 aliphatic heterocycles. The normalized spacial score (nSPS) is 10.1. The van der Waals surface area contributed by atoms with E-state index in [9.17, 15) is 9.18 Å². The summed E-state index contributed by atoms with van der Waals surface area (Å²) >= 11 is 0. The number of nitrogens with one attached hydrogen (secondary N) is 1. The molecule has 0 bridgehead atoms. The second kappa shape index (κ2) is 5.40. The molecule has 0 fully saturated rings. The summed E-state index contributed by atoms with van der Waals surface area (Å²) in [5.41, 5.74) is 2.90. The number of hydrogen-bond acceptors (Lipinski definition) is 5. The van der Waals surface area contributed by atoms with E-state index in [-0.39, 0.29) is 11.6 Å². The molecule has 0 spiro atoms. The van der Waals surface area contributed by atoms with Gasteiger partial charge in [-0.15, -0.1) is 0 Å². The molecule has 0 atom stereocenters. The molecule has 2 aromatic rings. The van der Waals surface area contributed by atoms with Crippen molar-refractivity contribution in [3.8, 4) is 0 Å². The van der Waals surface area contributed by atoms with Crippen LogP contribution in [-0.4, -0.2) is 22.9 Å². The van der Waals surface area contributed by atoms with Gasteiger partial charge in [0, 0.05) is 12.7 Å². The SMILES string of the molecule is CN(C(=O)c1cnc(NN)cn1)c1cccc(F)c1. The highest BCUT2D eigenvalue weighted by Crippen LogP contribution is 2.15. The van der Waals surface area contributed by atoms with E-state index < -0.39 is 5.82 Å². The number of amides is 1. The number of nitrogens with zero attached hydrogens (tertiary/aromatic N) is 3. The molecule has 98 valence electrons. The number of rotatable bonds is 3. The molecule has 3 N–H and O–H groups in total. The predicted molar refractivity (Wildman–Crippen MR) is 69.0 cm³/mol. The molecule has 0 saturated heterocycles. The van der Waals surface area contributed by atoms with Crippen LogP contribution in [-0.2, 0) is 0 Å². The third kappa shape index (κ3) is 2.83. The summed E-state index contributed by atoms with van der Waals surface area (Å²) in [4.78, 5) is 21.2. The van der Waals surface area contributed by atoms with Gasteiger partial charge in [0.1, 0.15) is 11.5 Å². The average molecular weight is 261 g/mol. The number of carbonyl (C=O) groups excluding carboxylic acids is 1. The van der Waals surface area contributed by atoms with Crippen molar-refractivity contribution in [2.24, 2.45) is 5.84 Å². The number of nitrogen functional groups attached to an aromatic ring is 1. The summed E-state index contributed by atoms with van der Waals surface area (Å²) < 4.78 is 13.1. The van der Waals surface area contributed by atoms with Crippen molar-refractivity contribution in [2.45, 2.75) is 0 Å². The van der Waals surface area contributed by atoms with Crippen LogP contribution in [0.4, 0.5) is 15.9 Å². The van der Waals surface area contributed by atoms with E-state index in [0.29, 0.717) is 11.5 Å². The summed E-state index contributed by atoms with van der Waals surface area (Å²) in [5.74, 6) is 4.71. The molecule has 1 heterocycles. The maximum atomic E-state index is 13.1. The quantitative estimate of drug-likeness (QED) is 0.640. The van der Waals surface area contributed by atoms with Gasteiger partial charge in [0.25, 0.3) is 5.91 Å². The second-order valence-corrected chi connectivity index (χ2v) is 3.78. The monoisotopic (exact) mass is 261 g/mol. The van der Waals surface area contributed by atoms with Crippen molar-refractivity contribution in [3.05, 3.63) is 48.2 Å². The average Bonchev–Trinajstić information content (AvgIpc) is 2.46. The van der Waals surface area contributed by atoms with Gasteiger partial charge in [-0.3, -0.25) is 4.79 Å². The highest BCUT2D eigenvalue weighted by molar-refractivity contribution is 6.04. The largest absolute Gasteiger partial charge is 0.310 e. The molecule has 0 radical (unpaired) electrons. The van der Waals surface area contributed by atoms with Gasteiger partial charge >= 0.3 is 0 Å². The lowest BCUT2D eigenvalue weighted by atomic mass is 10.2. The van der Waals surface area contributed by atoms with Crippen molar-refractivity contribution in [1.82, 2.24) is 9.97 Å². The first-order valence-corrected chi connectivity index (χ1v) is 5.44. The van der Waals surface area contributed by atoms with Crippen molar-refractivity contribution in [1.29, 1.82) is 0 Å². The third-order valence-electron chi connectivity index (χ3n) is 2.52. The molecule has 1 aromatic heterocycles. The van der Waals surface area contributed by atoms with Gasteiger partial charge in [-0.2, -0.15) is 0 Å². The van der Waals surface area contributed by atoms with Crippen LogP contribution in [0.3, 0.4) is 0 Å². The van der Waals surface area contributed by atoms with Gasteiger partial charge in [-0.1, -0.05) is 6.07 Å². The number of hydrazine groups is 1. The molecule has 6 nitrogen and oxygen atoms in total. The topological polar surface area (TPSA) is 84.1 Å². The predicted octanol–water partition coefficient (Wildman–Crippen LogP) is 1.18. The molecule has 19 heavy (non-hydrogen) atoms. The summed E-state index contributed by atoms with van der Waals surface area (Å²) in [5, 5.41) is 0. The van der Waals surface area contributed by atoms with Crippen LogP contribution >= 0.6 is 0 Å². The van der Waals surface area contributed by atoms with Gasteiger partial charge in [-0.05, 0) is 18.2 Å². The van der Waals surface area contributed by atoms with Gasteiger partial charge in [-0.25, -0.2) is 20.2 Å². The summed E-state index contributed by atoms with van der Waals surface area (Å²) in [6.07, 6.45) is 2.64. The standard InChI is InChI=1S/C12H12FN5O/c1-18(9-4-2-3-8(13)5-9)12(19)10-6-16-11(17-14)7-15-10/h2-7H,14H2,1H3,(H,16,17). The Hall–Kier alpha value is -2.54. The van der Waals surface area contributed by atoms with Crippen LogP contribution in [0.15, 0.2) is 36.7 Å². The molecule has 0 saturated carbocycles. The molecule has 0 aliphatic rings. The fourth-order valence-corrected chi connectivity index (χ4v) is 1.49. The zero-order valence-corrected chi connectivity index (χ0v) is 10.2. The molecular formula is C12H12FN5O. The fourth-order valence-electron chi connectivity index (χ4n) is 1.49. The zero-order chi connectivity index (χ0) is 13.8. The maximum absolute atomic E-state index is 13.1. The highest BCUT2D eigenvalue weighted by atomic mass is 19.1. The molecule has 0 unspecified atom stereocenters. The Morgan fingerprint density at radius 1 is 1.37 bits per heavy atom. The summed E-state index contributed by atoms with van der Waals surface area (Å²) in [6, 6.07) is 5.73. The lowest BCUT2D eigenvalue weighted by molar-refractivity contribution is 0.0988. The third-order valence-corrected chi connectivity index (χ3v) is 2.52. The van der Waals surface area contributed by atoms with Crippen molar-refractivity contribution < 1.29 is 9.18 Å². The van der Waals surface area contributed by atoms with Crippen molar-refractivity contribution in [2.75, 3.05) is 17.4 Å². The van der Waals surface area contributed by atoms with Gasteiger partial charge in [0.15, 0.2) is 5.82 Å². The number of halogens is 1. The van der Waals surface area contributed by atoms with Crippen LogP contribution in [0.25, 0.3) is 0 Å².